The van der Waals surface area contributed by atoms with Crippen LogP contribution in [0.15, 0.2) is 53.1 Å². The Kier molecular flexibility index (Phi) is 4.28. The molecule has 0 spiro atoms. The van der Waals surface area contributed by atoms with Crippen LogP contribution >= 0.6 is 11.3 Å². The van der Waals surface area contributed by atoms with Crippen molar-refractivity contribution in [1.29, 1.82) is 0 Å². The minimum Gasteiger partial charge on any atom is -0.503 e. The number of thiophene rings is 1. The third kappa shape index (κ3) is 2.65. The second-order valence-corrected chi connectivity index (χ2v) is 7.16. The van der Waals surface area contributed by atoms with Crippen molar-refractivity contribution < 1.29 is 14.7 Å². The van der Waals surface area contributed by atoms with Crippen molar-refractivity contribution in [2.75, 3.05) is 7.05 Å². The Morgan fingerprint density at radius 1 is 1.21 bits per heavy atom. The van der Waals surface area contributed by atoms with E-state index in [1.807, 2.05) is 24.3 Å². The van der Waals surface area contributed by atoms with Crippen molar-refractivity contribution in [3.8, 4) is 0 Å². The largest absolute Gasteiger partial charge is 0.503 e. The summed E-state index contributed by atoms with van der Waals surface area (Å²) < 4.78 is 0. The van der Waals surface area contributed by atoms with Gasteiger partial charge in [-0.15, -0.1) is 11.3 Å². The minimum absolute atomic E-state index is 0.155. The summed E-state index contributed by atoms with van der Waals surface area (Å²) >= 11 is 1.30. The highest BCUT2D eigenvalue weighted by Gasteiger charge is 2.42. The topological polar surface area (TPSA) is 57.6 Å². The molecule has 2 aromatic rings. The molecule has 4 nitrogen and oxygen atoms in total. The Hall–Kier alpha value is -2.40. The van der Waals surface area contributed by atoms with E-state index in [4.69, 9.17) is 0 Å². The molecule has 0 bridgehead atoms. The Morgan fingerprint density at radius 2 is 1.88 bits per heavy atom. The molecule has 1 aromatic heterocycles. The van der Waals surface area contributed by atoms with Crippen LogP contribution in [0.5, 0.6) is 0 Å². The van der Waals surface area contributed by atoms with Gasteiger partial charge in [0, 0.05) is 7.05 Å². The number of amides is 1. The number of aliphatic hydroxyl groups excluding tert-OH is 1. The number of Topliss-reactive ketones (excluding diaryl/α,β-unsaturated/α-hetero) is 1. The normalized spacial score (nSPS) is 17.9. The summed E-state index contributed by atoms with van der Waals surface area (Å²) in [5, 5.41) is 12.0. The first-order valence-electron chi connectivity index (χ1n) is 7.80. The zero-order valence-corrected chi connectivity index (χ0v) is 14.6. The number of likely N-dealkylation sites (N-methyl/N-ethyl adjacent to an activating group) is 1. The number of aliphatic hydroxyl groups is 1. The van der Waals surface area contributed by atoms with Gasteiger partial charge in [-0.25, -0.2) is 0 Å². The second-order valence-electron chi connectivity index (χ2n) is 6.21. The van der Waals surface area contributed by atoms with Crippen LogP contribution < -0.4 is 0 Å². The van der Waals surface area contributed by atoms with E-state index in [-0.39, 0.29) is 11.4 Å². The molecule has 2 heterocycles. The van der Waals surface area contributed by atoms with Crippen LogP contribution in [0.2, 0.25) is 0 Å². The number of carbonyl (C=O) groups is 2. The van der Waals surface area contributed by atoms with Gasteiger partial charge in [0.15, 0.2) is 5.76 Å². The molecular formula is C19H19NO3S. The molecule has 0 saturated heterocycles. The molecule has 0 radical (unpaired) electrons. The van der Waals surface area contributed by atoms with Gasteiger partial charge in [-0.1, -0.05) is 44.2 Å². The Morgan fingerprint density at radius 3 is 2.42 bits per heavy atom. The number of nitrogens with zero attached hydrogens (tertiary/aromatic N) is 1. The maximum absolute atomic E-state index is 12.8. The van der Waals surface area contributed by atoms with Gasteiger partial charge in [0.05, 0.1) is 16.5 Å². The van der Waals surface area contributed by atoms with Crippen LogP contribution in [0.25, 0.3) is 0 Å². The van der Waals surface area contributed by atoms with Crippen LogP contribution in [0.4, 0.5) is 0 Å². The smallest absolute Gasteiger partial charge is 0.289 e. The van der Waals surface area contributed by atoms with Crippen molar-refractivity contribution in [2.45, 2.75) is 25.8 Å². The first-order chi connectivity index (χ1) is 11.4. The van der Waals surface area contributed by atoms with Gasteiger partial charge >= 0.3 is 0 Å². The summed E-state index contributed by atoms with van der Waals surface area (Å²) in [5.41, 5.74) is 2.16. The molecule has 0 fully saturated rings. The highest BCUT2D eigenvalue weighted by Crippen LogP contribution is 2.38. The van der Waals surface area contributed by atoms with Crippen LogP contribution in [0, 0.1) is 0 Å². The third-order valence-corrected chi connectivity index (χ3v) is 5.22. The van der Waals surface area contributed by atoms with Crippen molar-refractivity contribution >= 4 is 23.0 Å². The van der Waals surface area contributed by atoms with E-state index in [9.17, 15) is 14.7 Å². The fourth-order valence-electron chi connectivity index (χ4n) is 2.95. The molecule has 0 aliphatic carbocycles. The average Bonchev–Trinajstić information content (AvgIpc) is 3.18. The number of ketones is 1. The molecule has 0 saturated carbocycles. The van der Waals surface area contributed by atoms with Gasteiger partial charge < -0.3 is 10.0 Å². The van der Waals surface area contributed by atoms with Gasteiger partial charge in [0.2, 0.25) is 5.78 Å². The number of rotatable bonds is 4. The lowest BCUT2D eigenvalue weighted by atomic mass is 9.93. The quantitative estimate of drug-likeness (QED) is 0.853. The van der Waals surface area contributed by atoms with Gasteiger partial charge in [-0.05, 0) is 28.5 Å². The predicted molar refractivity (Wildman–Crippen MR) is 94.3 cm³/mol. The lowest BCUT2D eigenvalue weighted by molar-refractivity contribution is -0.128. The first-order valence-corrected chi connectivity index (χ1v) is 8.68. The molecule has 24 heavy (non-hydrogen) atoms. The highest BCUT2D eigenvalue weighted by atomic mass is 32.1. The molecule has 1 amide bonds. The lowest BCUT2D eigenvalue weighted by Gasteiger charge is -2.23. The van der Waals surface area contributed by atoms with E-state index in [2.05, 4.69) is 13.8 Å². The molecule has 3 rings (SSSR count). The zero-order chi connectivity index (χ0) is 17.4. The summed E-state index contributed by atoms with van der Waals surface area (Å²) in [6.45, 7) is 4.22. The molecule has 1 atom stereocenters. The van der Waals surface area contributed by atoms with Gasteiger partial charge in [-0.2, -0.15) is 0 Å². The van der Waals surface area contributed by atoms with E-state index in [0.717, 1.165) is 5.56 Å². The summed E-state index contributed by atoms with van der Waals surface area (Å²) in [6.07, 6.45) is 0. The molecule has 124 valence electrons. The van der Waals surface area contributed by atoms with Crippen molar-refractivity contribution in [3.05, 3.63) is 69.1 Å². The fraction of sp³-hybridized carbons (Fsp3) is 0.263. The Balaban J connectivity index is 2.04. The number of hydrogen-bond acceptors (Lipinski definition) is 4. The van der Waals surface area contributed by atoms with Crippen LogP contribution in [0.3, 0.4) is 0 Å². The average molecular weight is 341 g/mol. The van der Waals surface area contributed by atoms with Gasteiger partial charge in [-0.3, -0.25) is 9.59 Å². The van der Waals surface area contributed by atoms with Crippen molar-refractivity contribution in [1.82, 2.24) is 4.90 Å². The van der Waals surface area contributed by atoms with Gasteiger partial charge in [0.1, 0.15) is 0 Å². The maximum atomic E-state index is 12.8. The lowest BCUT2D eigenvalue weighted by Crippen LogP contribution is -2.26. The molecule has 1 N–H and O–H groups in total. The molecule has 1 aromatic carbocycles. The van der Waals surface area contributed by atoms with E-state index in [1.54, 1.807) is 24.6 Å². The number of benzene rings is 1. The van der Waals surface area contributed by atoms with Crippen molar-refractivity contribution in [2.24, 2.45) is 0 Å². The van der Waals surface area contributed by atoms with E-state index >= 15 is 0 Å². The summed E-state index contributed by atoms with van der Waals surface area (Å²) in [6, 6.07) is 10.8. The molecule has 1 aliphatic rings. The molecule has 1 aliphatic heterocycles. The van der Waals surface area contributed by atoms with E-state index in [0.29, 0.717) is 10.8 Å². The third-order valence-electron chi connectivity index (χ3n) is 4.35. The fourth-order valence-corrected chi connectivity index (χ4v) is 3.63. The first kappa shape index (κ1) is 16.5. The summed E-state index contributed by atoms with van der Waals surface area (Å²) in [5.74, 6) is -0.863. The SMILES string of the molecule is CC(C)c1ccc(C2C(C(=O)c3cccs3)=C(O)C(=O)N2C)cc1. The van der Waals surface area contributed by atoms with Gasteiger partial charge in [0.25, 0.3) is 5.91 Å². The Labute approximate surface area is 145 Å². The van der Waals surface area contributed by atoms with Crippen LogP contribution in [-0.4, -0.2) is 28.7 Å². The van der Waals surface area contributed by atoms with Crippen LogP contribution in [-0.2, 0) is 4.79 Å². The minimum atomic E-state index is -0.562. The molecule has 1 unspecified atom stereocenters. The number of carbonyl (C=O) groups excluding carboxylic acids is 2. The van der Waals surface area contributed by atoms with E-state index < -0.39 is 17.7 Å². The predicted octanol–water partition coefficient (Wildman–Crippen LogP) is 4.08. The maximum Gasteiger partial charge on any atom is 0.289 e. The Bertz CT molecular complexity index is 804. The summed E-state index contributed by atoms with van der Waals surface area (Å²) in [7, 11) is 1.61. The summed E-state index contributed by atoms with van der Waals surface area (Å²) in [4.78, 5) is 26.9. The zero-order valence-electron chi connectivity index (χ0n) is 13.8. The number of hydrogen-bond donors (Lipinski definition) is 1. The van der Waals surface area contributed by atoms with Crippen LogP contribution in [0.1, 0.15) is 46.6 Å². The second kappa shape index (κ2) is 6.24. The van der Waals surface area contributed by atoms with Crippen molar-refractivity contribution in [3.63, 3.8) is 0 Å². The highest BCUT2D eigenvalue weighted by molar-refractivity contribution is 7.12. The molecule has 5 heteroatoms. The monoisotopic (exact) mass is 341 g/mol. The molecular weight excluding hydrogens is 322 g/mol. The van der Waals surface area contributed by atoms with E-state index in [1.165, 1.54) is 21.8 Å². The standard InChI is InChI=1S/C19H19NO3S/c1-11(2)12-6-8-13(9-7-12)16-15(18(22)19(23)20(16)3)17(21)14-5-4-10-24-14/h4-11,16,22H,1-3H3.